The Labute approximate surface area is 202 Å². The van der Waals surface area contributed by atoms with Crippen molar-refractivity contribution in [1.82, 2.24) is 4.90 Å². The number of carbonyl (C=O) groups is 2. The highest BCUT2D eigenvalue weighted by molar-refractivity contribution is 6.46. The summed E-state index contributed by atoms with van der Waals surface area (Å²) in [5.74, 6) is -0.806. The number of aliphatic hydroxyl groups excluding tert-OH is 1. The van der Waals surface area contributed by atoms with Crippen LogP contribution in [0.1, 0.15) is 63.8 Å². The average molecular weight is 466 g/mol. The Morgan fingerprint density at radius 3 is 2.18 bits per heavy atom. The van der Waals surface area contributed by atoms with E-state index in [1.165, 1.54) is 4.90 Å². The zero-order chi connectivity index (χ0) is 25.0. The molecule has 2 aromatic carbocycles. The fourth-order valence-electron chi connectivity index (χ4n) is 4.12. The van der Waals surface area contributed by atoms with Crippen molar-refractivity contribution in [2.24, 2.45) is 0 Å². The molecule has 0 bridgehead atoms. The molecule has 2 aromatic rings. The summed E-state index contributed by atoms with van der Waals surface area (Å²) < 4.78 is 10.8. The number of benzene rings is 2. The number of hydrogen-bond donors (Lipinski definition) is 1. The van der Waals surface area contributed by atoms with Gasteiger partial charge in [-0.1, -0.05) is 45.0 Å². The Bertz CT molecular complexity index is 1050. The van der Waals surface area contributed by atoms with Crippen molar-refractivity contribution in [3.63, 3.8) is 0 Å². The van der Waals surface area contributed by atoms with Crippen molar-refractivity contribution in [3.05, 3.63) is 70.8 Å². The molecule has 0 aromatic heterocycles. The third kappa shape index (κ3) is 5.50. The van der Waals surface area contributed by atoms with Gasteiger partial charge in [0.2, 0.25) is 0 Å². The quantitative estimate of drug-likeness (QED) is 0.250. The molecular weight excluding hydrogens is 430 g/mol. The smallest absolute Gasteiger partial charge is 0.295 e. The van der Waals surface area contributed by atoms with Crippen LogP contribution >= 0.6 is 0 Å². The van der Waals surface area contributed by atoms with Gasteiger partial charge in [0.1, 0.15) is 11.5 Å². The zero-order valence-corrected chi connectivity index (χ0v) is 20.9. The van der Waals surface area contributed by atoms with Crippen LogP contribution in [-0.2, 0) is 19.7 Å². The lowest BCUT2D eigenvalue weighted by molar-refractivity contribution is -0.140. The van der Waals surface area contributed by atoms with Crippen molar-refractivity contribution in [2.45, 2.75) is 58.6 Å². The molecule has 34 heavy (non-hydrogen) atoms. The minimum Gasteiger partial charge on any atom is -0.507 e. The molecule has 1 N–H and O–H groups in total. The third-order valence-electron chi connectivity index (χ3n) is 5.88. The lowest BCUT2D eigenvalue weighted by Crippen LogP contribution is -2.31. The lowest BCUT2D eigenvalue weighted by Gasteiger charge is -2.26. The molecular formula is C28H35NO5. The number of likely N-dealkylation sites (tertiary alicyclic amines) is 1. The summed E-state index contributed by atoms with van der Waals surface area (Å²) in [5.41, 5.74) is 2.46. The summed E-state index contributed by atoms with van der Waals surface area (Å²) in [7, 11) is 1.60. The first kappa shape index (κ1) is 25.5. The van der Waals surface area contributed by atoms with Crippen LogP contribution in [0.2, 0.25) is 0 Å². The number of Topliss-reactive ketones (excluding diaryl/α,β-unsaturated/α-hetero) is 1. The molecule has 0 spiro atoms. The van der Waals surface area contributed by atoms with Gasteiger partial charge < -0.3 is 19.5 Å². The van der Waals surface area contributed by atoms with Crippen molar-refractivity contribution in [2.75, 3.05) is 20.3 Å². The molecule has 182 valence electrons. The van der Waals surface area contributed by atoms with E-state index in [4.69, 9.17) is 9.47 Å². The van der Waals surface area contributed by atoms with E-state index >= 15 is 0 Å². The maximum Gasteiger partial charge on any atom is 0.295 e. The Morgan fingerprint density at radius 2 is 1.65 bits per heavy atom. The van der Waals surface area contributed by atoms with Crippen LogP contribution in [0.3, 0.4) is 0 Å². The number of ketones is 1. The van der Waals surface area contributed by atoms with Crippen LogP contribution in [0.15, 0.2) is 54.1 Å². The van der Waals surface area contributed by atoms with Crippen LogP contribution in [0.25, 0.3) is 5.76 Å². The van der Waals surface area contributed by atoms with Gasteiger partial charge in [-0.25, -0.2) is 0 Å². The number of carbonyl (C=O) groups excluding carboxylic acids is 2. The van der Waals surface area contributed by atoms with Gasteiger partial charge in [-0.15, -0.1) is 0 Å². The number of methoxy groups -OCH3 is 1. The standard InChI is InChI=1S/C28H35NO5/c1-18(2)34-22-14-10-20(11-15-22)25(30)23-24(19-8-12-21(13-9-19)28(3,4)5)29(16-7-17-33-6)27(32)26(23)31/h8-15,18,24,30H,7,16-17H2,1-6H3/b25-23+. The van der Waals surface area contributed by atoms with Gasteiger partial charge >= 0.3 is 0 Å². The van der Waals surface area contributed by atoms with Crippen molar-refractivity contribution in [3.8, 4) is 5.75 Å². The molecule has 1 fully saturated rings. The monoisotopic (exact) mass is 465 g/mol. The van der Waals surface area contributed by atoms with E-state index in [0.717, 1.165) is 11.1 Å². The number of hydrogen-bond acceptors (Lipinski definition) is 5. The summed E-state index contributed by atoms with van der Waals surface area (Å²) in [4.78, 5) is 27.7. The summed E-state index contributed by atoms with van der Waals surface area (Å²) in [5, 5.41) is 11.2. The van der Waals surface area contributed by atoms with Gasteiger partial charge in [0.05, 0.1) is 17.7 Å². The van der Waals surface area contributed by atoms with Crippen LogP contribution in [0.5, 0.6) is 5.75 Å². The van der Waals surface area contributed by atoms with Gasteiger partial charge in [-0.2, -0.15) is 0 Å². The second-order valence-electron chi connectivity index (χ2n) is 9.90. The minimum absolute atomic E-state index is 0.0212. The Balaban J connectivity index is 2.06. The highest BCUT2D eigenvalue weighted by Crippen LogP contribution is 2.40. The minimum atomic E-state index is -0.678. The van der Waals surface area contributed by atoms with Gasteiger partial charge in [0.15, 0.2) is 0 Å². The normalized spacial score (nSPS) is 18.1. The molecule has 1 amide bonds. The molecule has 1 aliphatic rings. The molecule has 3 rings (SSSR count). The summed E-state index contributed by atoms with van der Waals surface area (Å²) in [6.07, 6.45) is 0.606. The first-order chi connectivity index (χ1) is 16.0. The number of rotatable bonds is 8. The van der Waals surface area contributed by atoms with Crippen molar-refractivity contribution >= 4 is 17.4 Å². The predicted molar refractivity (Wildman–Crippen MR) is 133 cm³/mol. The Morgan fingerprint density at radius 1 is 1.03 bits per heavy atom. The van der Waals surface area contributed by atoms with Crippen LogP contribution in [0, 0.1) is 0 Å². The third-order valence-corrected chi connectivity index (χ3v) is 5.88. The van der Waals surface area contributed by atoms with Crippen molar-refractivity contribution in [1.29, 1.82) is 0 Å². The largest absolute Gasteiger partial charge is 0.507 e. The molecule has 1 atom stereocenters. The molecule has 1 heterocycles. The fraction of sp³-hybridized carbons (Fsp3) is 0.429. The van der Waals surface area contributed by atoms with E-state index in [9.17, 15) is 14.7 Å². The maximum absolute atomic E-state index is 13.1. The van der Waals surface area contributed by atoms with E-state index < -0.39 is 17.7 Å². The van der Waals surface area contributed by atoms with E-state index in [1.807, 2.05) is 38.1 Å². The highest BCUT2D eigenvalue weighted by atomic mass is 16.5. The predicted octanol–water partition coefficient (Wildman–Crippen LogP) is 5.23. The van der Waals surface area contributed by atoms with Gasteiger partial charge in [0, 0.05) is 25.8 Å². The molecule has 6 nitrogen and oxygen atoms in total. The average Bonchev–Trinajstić information content (AvgIpc) is 3.03. The van der Waals surface area contributed by atoms with E-state index in [-0.39, 0.29) is 22.9 Å². The topological polar surface area (TPSA) is 76.1 Å². The molecule has 0 radical (unpaired) electrons. The van der Waals surface area contributed by atoms with Crippen LogP contribution in [-0.4, -0.2) is 48.1 Å². The Hall–Kier alpha value is -3.12. The molecule has 1 aliphatic heterocycles. The van der Waals surface area contributed by atoms with Crippen LogP contribution in [0.4, 0.5) is 0 Å². The first-order valence-corrected chi connectivity index (χ1v) is 11.7. The second-order valence-corrected chi connectivity index (χ2v) is 9.90. The Kier molecular flexibility index (Phi) is 7.82. The molecule has 1 saturated heterocycles. The second kappa shape index (κ2) is 10.4. The summed E-state index contributed by atoms with van der Waals surface area (Å²) in [6, 6.07) is 14.1. The molecule has 0 saturated carbocycles. The van der Waals surface area contributed by atoms with Crippen LogP contribution < -0.4 is 4.74 Å². The van der Waals surface area contributed by atoms with Gasteiger partial charge in [0.25, 0.3) is 11.7 Å². The van der Waals surface area contributed by atoms with E-state index in [1.54, 1.807) is 31.4 Å². The van der Waals surface area contributed by atoms with E-state index in [2.05, 4.69) is 20.8 Å². The number of amides is 1. The molecule has 6 heteroatoms. The lowest BCUT2D eigenvalue weighted by atomic mass is 9.85. The number of aliphatic hydroxyl groups is 1. The van der Waals surface area contributed by atoms with E-state index in [0.29, 0.717) is 30.9 Å². The SMILES string of the molecule is COCCCN1C(=O)C(=O)/C(=C(/O)c2ccc(OC(C)C)cc2)C1c1ccc(C(C)(C)C)cc1. The fourth-order valence-corrected chi connectivity index (χ4v) is 4.12. The number of ether oxygens (including phenoxy) is 2. The van der Waals surface area contributed by atoms with Crippen molar-refractivity contribution < 1.29 is 24.2 Å². The first-order valence-electron chi connectivity index (χ1n) is 11.7. The molecule has 0 aliphatic carbocycles. The summed E-state index contributed by atoms with van der Waals surface area (Å²) in [6.45, 7) is 11.1. The molecule has 1 unspecified atom stereocenters. The number of nitrogens with zero attached hydrogens (tertiary/aromatic N) is 1. The van der Waals surface area contributed by atoms with Gasteiger partial charge in [-0.05, 0) is 61.1 Å². The maximum atomic E-state index is 13.1. The van der Waals surface area contributed by atoms with Gasteiger partial charge in [-0.3, -0.25) is 9.59 Å². The highest BCUT2D eigenvalue weighted by Gasteiger charge is 2.45. The zero-order valence-electron chi connectivity index (χ0n) is 20.9. The summed E-state index contributed by atoms with van der Waals surface area (Å²) >= 11 is 0.